The van der Waals surface area contributed by atoms with Crippen LogP contribution in [0.1, 0.15) is 42.5 Å². The molecule has 0 bridgehead atoms. The van der Waals surface area contributed by atoms with E-state index < -0.39 is 0 Å². The summed E-state index contributed by atoms with van der Waals surface area (Å²) in [6.45, 7) is 5.29. The second kappa shape index (κ2) is 9.70. The molecule has 1 N–H and O–H groups in total. The zero-order valence-electron chi connectivity index (χ0n) is 18.2. The molecule has 5 nitrogen and oxygen atoms in total. The maximum atomic E-state index is 12.8. The first kappa shape index (κ1) is 21.0. The molecular formula is C26H30N4O. The first-order valence-electron chi connectivity index (χ1n) is 11.2. The molecule has 0 saturated carbocycles. The van der Waals surface area contributed by atoms with E-state index in [0.717, 1.165) is 44.6 Å². The van der Waals surface area contributed by atoms with Crippen LogP contribution in [0.2, 0.25) is 0 Å². The molecule has 1 aliphatic carbocycles. The molecule has 1 saturated heterocycles. The third kappa shape index (κ3) is 5.08. The molecule has 2 aliphatic rings. The van der Waals surface area contributed by atoms with Gasteiger partial charge in [-0.15, -0.1) is 0 Å². The Bertz CT molecular complexity index is 984. The summed E-state index contributed by atoms with van der Waals surface area (Å²) in [7, 11) is 0. The van der Waals surface area contributed by atoms with Gasteiger partial charge in [0.1, 0.15) is 11.6 Å². The van der Waals surface area contributed by atoms with Crippen LogP contribution >= 0.6 is 0 Å². The third-order valence-electron chi connectivity index (χ3n) is 6.33. The second-order valence-corrected chi connectivity index (χ2v) is 8.44. The summed E-state index contributed by atoms with van der Waals surface area (Å²) in [4.78, 5) is 17.2. The molecule has 2 aromatic rings. The van der Waals surface area contributed by atoms with Crippen molar-refractivity contribution in [2.45, 2.75) is 38.6 Å². The summed E-state index contributed by atoms with van der Waals surface area (Å²) in [5, 5.41) is 12.6. The molecule has 4 rings (SSSR count). The molecular weight excluding hydrogens is 384 g/mol. The number of fused-ring (bicyclic) bond motifs is 1. The van der Waals surface area contributed by atoms with Gasteiger partial charge in [-0.25, -0.2) is 0 Å². The lowest BCUT2D eigenvalue weighted by atomic mass is 9.89. The van der Waals surface area contributed by atoms with Gasteiger partial charge in [-0.1, -0.05) is 36.4 Å². The Balaban J connectivity index is 1.36. The minimum Gasteiger partial charge on any atom is -0.373 e. The molecule has 1 atom stereocenters. The fourth-order valence-electron chi connectivity index (χ4n) is 4.45. The summed E-state index contributed by atoms with van der Waals surface area (Å²) in [5.41, 5.74) is 5.31. The lowest BCUT2D eigenvalue weighted by Gasteiger charge is -2.35. The number of nitriles is 1. The minimum absolute atomic E-state index is 0.133. The summed E-state index contributed by atoms with van der Waals surface area (Å²) in [6.07, 6.45) is 6.47. The van der Waals surface area contributed by atoms with Crippen molar-refractivity contribution >= 4 is 11.6 Å². The summed E-state index contributed by atoms with van der Waals surface area (Å²) < 4.78 is 0. The number of piperazine rings is 1. The number of amides is 1. The molecule has 1 heterocycles. The van der Waals surface area contributed by atoms with E-state index in [1.807, 2.05) is 25.1 Å². The van der Waals surface area contributed by atoms with Gasteiger partial charge in [0.25, 0.3) is 5.91 Å². The van der Waals surface area contributed by atoms with Gasteiger partial charge in [-0.05, 0) is 61.4 Å². The molecule has 160 valence electrons. The molecule has 1 unspecified atom stereocenters. The van der Waals surface area contributed by atoms with Gasteiger partial charge in [0.05, 0.1) is 6.04 Å². The summed E-state index contributed by atoms with van der Waals surface area (Å²) in [6, 6.07) is 18.8. The molecule has 31 heavy (non-hydrogen) atoms. The van der Waals surface area contributed by atoms with E-state index in [2.05, 4.69) is 51.5 Å². The first-order chi connectivity index (χ1) is 15.1. The van der Waals surface area contributed by atoms with Crippen molar-refractivity contribution in [3.05, 3.63) is 77.0 Å². The zero-order chi connectivity index (χ0) is 21.6. The smallest absolute Gasteiger partial charge is 0.263 e. The van der Waals surface area contributed by atoms with E-state index in [1.165, 1.54) is 29.7 Å². The quantitative estimate of drug-likeness (QED) is 0.594. The average molecular weight is 415 g/mol. The summed E-state index contributed by atoms with van der Waals surface area (Å²) >= 11 is 0. The fraction of sp³-hybridized carbons (Fsp3) is 0.385. The summed E-state index contributed by atoms with van der Waals surface area (Å²) in [5.74, 6) is -0.307. The van der Waals surface area contributed by atoms with Gasteiger partial charge in [0, 0.05) is 38.1 Å². The monoisotopic (exact) mass is 414 g/mol. The van der Waals surface area contributed by atoms with Crippen LogP contribution in [0.25, 0.3) is 0 Å². The topological polar surface area (TPSA) is 59.4 Å². The molecule has 1 fully saturated rings. The van der Waals surface area contributed by atoms with Crippen molar-refractivity contribution in [2.24, 2.45) is 0 Å². The van der Waals surface area contributed by atoms with E-state index in [-0.39, 0.29) is 17.5 Å². The number of nitrogens with zero attached hydrogens (tertiary/aromatic N) is 3. The highest BCUT2D eigenvalue weighted by molar-refractivity contribution is 5.97. The number of aryl methyl sites for hydroxylation is 2. The molecule has 1 amide bonds. The molecule has 2 aromatic carbocycles. The number of hydrogen-bond acceptors (Lipinski definition) is 4. The fourth-order valence-corrected chi connectivity index (χ4v) is 4.45. The third-order valence-corrected chi connectivity index (χ3v) is 6.33. The Morgan fingerprint density at radius 2 is 1.74 bits per heavy atom. The van der Waals surface area contributed by atoms with E-state index in [0.29, 0.717) is 0 Å². The Labute approximate surface area is 185 Å². The van der Waals surface area contributed by atoms with Gasteiger partial charge in [0.2, 0.25) is 0 Å². The number of carbonyl (C=O) groups is 1. The molecule has 0 radical (unpaired) electrons. The predicted molar refractivity (Wildman–Crippen MR) is 124 cm³/mol. The van der Waals surface area contributed by atoms with Crippen molar-refractivity contribution in [1.82, 2.24) is 10.2 Å². The Hall–Kier alpha value is -3.26. The van der Waals surface area contributed by atoms with Gasteiger partial charge in [-0.3, -0.25) is 4.79 Å². The van der Waals surface area contributed by atoms with E-state index in [9.17, 15) is 10.1 Å². The van der Waals surface area contributed by atoms with Crippen LogP contribution in [-0.4, -0.2) is 37.0 Å². The average Bonchev–Trinajstić information content (AvgIpc) is 2.83. The molecule has 1 aliphatic heterocycles. The molecule has 0 spiro atoms. The van der Waals surface area contributed by atoms with E-state index in [4.69, 9.17) is 0 Å². The maximum absolute atomic E-state index is 12.8. The highest BCUT2D eigenvalue weighted by atomic mass is 16.1. The number of para-hydroxylation sites is 1. The molecule has 5 heteroatoms. The van der Waals surface area contributed by atoms with Crippen LogP contribution in [0.15, 0.2) is 60.3 Å². The zero-order valence-corrected chi connectivity index (χ0v) is 18.2. The van der Waals surface area contributed by atoms with Gasteiger partial charge in [-0.2, -0.15) is 5.26 Å². The highest BCUT2D eigenvalue weighted by Gasteiger charge is 2.19. The van der Waals surface area contributed by atoms with Crippen LogP contribution in [0.4, 0.5) is 5.69 Å². The lowest BCUT2D eigenvalue weighted by molar-refractivity contribution is -0.117. The van der Waals surface area contributed by atoms with Crippen molar-refractivity contribution in [2.75, 3.05) is 31.1 Å². The maximum Gasteiger partial charge on any atom is 0.263 e. The van der Waals surface area contributed by atoms with Gasteiger partial charge >= 0.3 is 0 Å². The highest BCUT2D eigenvalue weighted by Crippen LogP contribution is 2.25. The number of anilines is 1. The second-order valence-electron chi connectivity index (χ2n) is 8.44. The van der Waals surface area contributed by atoms with E-state index in [1.54, 1.807) is 6.20 Å². The van der Waals surface area contributed by atoms with E-state index >= 15 is 0 Å². The number of nitrogens with one attached hydrogen (secondary N) is 1. The Morgan fingerprint density at radius 3 is 2.45 bits per heavy atom. The van der Waals surface area contributed by atoms with Crippen molar-refractivity contribution < 1.29 is 4.79 Å². The minimum atomic E-state index is -0.307. The van der Waals surface area contributed by atoms with Crippen LogP contribution < -0.4 is 10.2 Å². The molecule has 0 aromatic heterocycles. The van der Waals surface area contributed by atoms with Crippen LogP contribution in [0.5, 0.6) is 0 Å². The van der Waals surface area contributed by atoms with Crippen molar-refractivity contribution in [3.63, 3.8) is 0 Å². The first-order valence-corrected chi connectivity index (χ1v) is 11.2. The SMILES string of the molecule is CC(NC(=O)/C(C#N)=C\N1CCN(c2ccccc2)CC1)c1ccc2c(c1)CCCC2. The van der Waals surface area contributed by atoms with Crippen LogP contribution in [0.3, 0.4) is 0 Å². The largest absolute Gasteiger partial charge is 0.373 e. The Morgan fingerprint density at radius 1 is 1.03 bits per heavy atom. The van der Waals surface area contributed by atoms with Gasteiger partial charge in [0.15, 0.2) is 0 Å². The van der Waals surface area contributed by atoms with Crippen LogP contribution in [-0.2, 0) is 17.6 Å². The lowest BCUT2D eigenvalue weighted by Crippen LogP contribution is -2.44. The Kier molecular flexibility index (Phi) is 6.57. The number of hydrogen-bond donors (Lipinski definition) is 1. The normalized spacial score (nSPS) is 17.5. The van der Waals surface area contributed by atoms with Crippen molar-refractivity contribution in [3.8, 4) is 6.07 Å². The number of carbonyl (C=O) groups excluding carboxylic acids is 1. The number of benzene rings is 2. The number of rotatable bonds is 5. The van der Waals surface area contributed by atoms with Crippen molar-refractivity contribution in [1.29, 1.82) is 5.26 Å². The van der Waals surface area contributed by atoms with Gasteiger partial charge < -0.3 is 15.1 Å². The predicted octanol–water partition coefficient (Wildman–Crippen LogP) is 3.97. The standard InChI is InChI=1S/C26H30N4O/c1-20(22-12-11-21-7-5-6-8-23(21)17-22)28-26(31)24(18-27)19-29-13-15-30(16-14-29)25-9-3-2-4-10-25/h2-4,9-12,17,19-20H,5-8,13-16H2,1H3,(H,28,31)/b24-19-. The van der Waals surface area contributed by atoms with Crippen LogP contribution in [0, 0.1) is 11.3 Å².